The monoisotopic (exact) mass is 302 g/mol. The van der Waals surface area contributed by atoms with E-state index in [1.165, 1.54) is 0 Å². The van der Waals surface area contributed by atoms with Crippen molar-refractivity contribution in [3.8, 4) is 5.75 Å². The zero-order valence-electron chi connectivity index (χ0n) is 13.1. The standard InChI is InChI=1S/C16H22N4O2/c1-12(2)13-10-20-7-3-4-14(16(20)18-13)22-11-15(21)19-8-5-17-6-9-19/h3-4,7,10,12,17H,5-6,8-9,11H2,1-2H3. The number of piperazine rings is 1. The van der Waals surface area contributed by atoms with Crippen molar-refractivity contribution >= 4 is 11.6 Å². The summed E-state index contributed by atoms with van der Waals surface area (Å²) in [5, 5.41) is 3.23. The van der Waals surface area contributed by atoms with Gasteiger partial charge in [0.25, 0.3) is 5.91 Å². The first kappa shape index (κ1) is 14.8. The van der Waals surface area contributed by atoms with E-state index >= 15 is 0 Å². The van der Waals surface area contributed by atoms with Crippen LogP contribution in [0.3, 0.4) is 0 Å². The average molecular weight is 302 g/mol. The summed E-state index contributed by atoms with van der Waals surface area (Å²) in [5.74, 6) is 1.03. The number of nitrogens with one attached hydrogen (secondary N) is 1. The summed E-state index contributed by atoms with van der Waals surface area (Å²) >= 11 is 0. The molecule has 2 aromatic rings. The van der Waals surface area contributed by atoms with Crippen molar-refractivity contribution in [2.24, 2.45) is 0 Å². The Balaban J connectivity index is 1.72. The molecule has 0 spiro atoms. The lowest BCUT2D eigenvalue weighted by atomic mass is 10.2. The number of nitrogens with zero attached hydrogens (tertiary/aromatic N) is 3. The lowest BCUT2D eigenvalue weighted by molar-refractivity contribution is -0.133. The molecule has 1 aliphatic rings. The molecule has 118 valence electrons. The molecule has 1 N–H and O–H groups in total. The van der Waals surface area contributed by atoms with Crippen LogP contribution >= 0.6 is 0 Å². The number of imidazole rings is 1. The summed E-state index contributed by atoms with van der Waals surface area (Å²) in [7, 11) is 0. The van der Waals surface area contributed by atoms with Crippen LogP contribution < -0.4 is 10.1 Å². The van der Waals surface area contributed by atoms with Crippen LogP contribution in [0.2, 0.25) is 0 Å². The highest BCUT2D eigenvalue weighted by Crippen LogP contribution is 2.22. The maximum absolute atomic E-state index is 12.2. The molecule has 1 saturated heterocycles. The van der Waals surface area contributed by atoms with Crippen LogP contribution in [0, 0.1) is 0 Å². The molecule has 22 heavy (non-hydrogen) atoms. The number of pyridine rings is 1. The summed E-state index contributed by atoms with van der Waals surface area (Å²) in [4.78, 5) is 18.6. The first-order valence-electron chi connectivity index (χ1n) is 7.74. The number of hydrogen-bond acceptors (Lipinski definition) is 4. The van der Waals surface area contributed by atoms with E-state index in [-0.39, 0.29) is 12.5 Å². The normalized spacial score (nSPS) is 15.5. The van der Waals surface area contributed by atoms with Crippen molar-refractivity contribution < 1.29 is 9.53 Å². The van der Waals surface area contributed by atoms with E-state index in [9.17, 15) is 4.79 Å². The first-order chi connectivity index (χ1) is 10.6. The quantitative estimate of drug-likeness (QED) is 0.924. The van der Waals surface area contributed by atoms with E-state index in [1.54, 1.807) is 0 Å². The van der Waals surface area contributed by atoms with Crippen LogP contribution in [0.15, 0.2) is 24.5 Å². The Labute approximate surface area is 130 Å². The predicted octanol–water partition coefficient (Wildman–Crippen LogP) is 1.27. The minimum Gasteiger partial charge on any atom is -0.480 e. The van der Waals surface area contributed by atoms with Gasteiger partial charge in [0, 0.05) is 38.6 Å². The summed E-state index contributed by atoms with van der Waals surface area (Å²) in [6.07, 6.45) is 3.95. The lowest BCUT2D eigenvalue weighted by Crippen LogP contribution is -2.47. The van der Waals surface area contributed by atoms with Gasteiger partial charge in [-0.3, -0.25) is 4.79 Å². The van der Waals surface area contributed by atoms with Crippen molar-refractivity contribution in [1.82, 2.24) is 19.6 Å². The zero-order valence-corrected chi connectivity index (χ0v) is 13.1. The molecular weight excluding hydrogens is 280 g/mol. The van der Waals surface area contributed by atoms with Gasteiger partial charge in [-0.15, -0.1) is 0 Å². The Hall–Kier alpha value is -2.08. The number of carbonyl (C=O) groups is 1. The third kappa shape index (κ3) is 3.06. The maximum Gasteiger partial charge on any atom is 0.260 e. The highest BCUT2D eigenvalue weighted by Gasteiger charge is 2.17. The second-order valence-electron chi connectivity index (χ2n) is 5.84. The van der Waals surface area contributed by atoms with Crippen molar-refractivity contribution in [1.29, 1.82) is 0 Å². The van der Waals surface area contributed by atoms with Gasteiger partial charge < -0.3 is 19.4 Å². The highest BCUT2D eigenvalue weighted by atomic mass is 16.5. The van der Waals surface area contributed by atoms with Gasteiger partial charge in [-0.1, -0.05) is 13.8 Å². The van der Waals surface area contributed by atoms with Gasteiger partial charge >= 0.3 is 0 Å². The van der Waals surface area contributed by atoms with Crippen molar-refractivity contribution in [3.63, 3.8) is 0 Å². The molecule has 0 bridgehead atoms. The van der Waals surface area contributed by atoms with Crippen LogP contribution in [-0.4, -0.2) is 53.0 Å². The van der Waals surface area contributed by atoms with Crippen LogP contribution in [-0.2, 0) is 4.79 Å². The van der Waals surface area contributed by atoms with E-state index in [1.807, 2.05) is 33.8 Å². The van der Waals surface area contributed by atoms with E-state index in [0.29, 0.717) is 11.7 Å². The number of carbonyl (C=O) groups excluding carboxylic acids is 1. The van der Waals surface area contributed by atoms with E-state index < -0.39 is 0 Å². The fourth-order valence-electron chi connectivity index (χ4n) is 2.54. The fourth-order valence-corrected chi connectivity index (χ4v) is 2.54. The highest BCUT2D eigenvalue weighted by molar-refractivity contribution is 5.78. The Morgan fingerprint density at radius 2 is 2.18 bits per heavy atom. The van der Waals surface area contributed by atoms with Crippen molar-refractivity contribution in [2.75, 3.05) is 32.8 Å². The Morgan fingerprint density at radius 1 is 1.41 bits per heavy atom. The molecular formula is C16H22N4O2. The van der Waals surface area contributed by atoms with E-state index in [4.69, 9.17) is 4.74 Å². The predicted molar refractivity (Wildman–Crippen MR) is 84.2 cm³/mol. The van der Waals surface area contributed by atoms with E-state index in [2.05, 4.69) is 24.1 Å². The minimum absolute atomic E-state index is 0.0270. The summed E-state index contributed by atoms with van der Waals surface area (Å²) in [6, 6.07) is 3.76. The molecule has 1 amide bonds. The topological polar surface area (TPSA) is 58.9 Å². The molecule has 0 radical (unpaired) electrons. The van der Waals surface area contributed by atoms with Crippen molar-refractivity contribution in [2.45, 2.75) is 19.8 Å². The molecule has 0 saturated carbocycles. The second-order valence-corrected chi connectivity index (χ2v) is 5.84. The van der Waals surface area contributed by atoms with Gasteiger partial charge in [0.15, 0.2) is 18.0 Å². The molecule has 0 atom stereocenters. The Kier molecular flexibility index (Phi) is 4.29. The number of hydrogen-bond donors (Lipinski definition) is 1. The van der Waals surface area contributed by atoms with Gasteiger partial charge in [-0.25, -0.2) is 4.98 Å². The van der Waals surface area contributed by atoms with Gasteiger partial charge in [0.05, 0.1) is 5.69 Å². The van der Waals surface area contributed by atoms with Crippen molar-refractivity contribution in [3.05, 3.63) is 30.2 Å². The molecule has 0 aliphatic carbocycles. The molecule has 6 heteroatoms. The molecule has 6 nitrogen and oxygen atoms in total. The third-order valence-corrected chi connectivity index (χ3v) is 3.88. The molecule has 3 heterocycles. The van der Waals surface area contributed by atoms with Crippen LogP contribution in [0.4, 0.5) is 0 Å². The number of rotatable bonds is 4. The molecule has 1 fully saturated rings. The smallest absolute Gasteiger partial charge is 0.260 e. The number of fused-ring (bicyclic) bond motifs is 1. The first-order valence-corrected chi connectivity index (χ1v) is 7.74. The van der Waals surface area contributed by atoms with Gasteiger partial charge in [0.2, 0.25) is 0 Å². The Morgan fingerprint density at radius 3 is 2.91 bits per heavy atom. The van der Waals surface area contributed by atoms with Gasteiger partial charge in [0.1, 0.15) is 0 Å². The molecule has 2 aromatic heterocycles. The van der Waals surface area contributed by atoms with Gasteiger partial charge in [-0.2, -0.15) is 0 Å². The largest absolute Gasteiger partial charge is 0.480 e. The molecule has 3 rings (SSSR count). The number of aromatic nitrogens is 2. The molecule has 0 unspecified atom stereocenters. The number of amides is 1. The molecule has 0 aromatic carbocycles. The van der Waals surface area contributed by atoms with E-state index in [0.717, 1.165) is 37.5 Å². The second kappa shape index (κ2) is 6.36. The SMILES string of the molecule is CC(C)c1cn2cccc(OCC(=O)N3CCNCC3)c2n1. The van der Waals surface area contributed by atoms with Gasteiger partial charge in [-0.05, 0) is 18.1 Å². The maximum atomic E-state index is 12.2. The average Bonchev–Trinajstić information content (AvgIpc) is 2.98. The molecule has 1 aliphatic heterocycles. The lowest BCUT2D eigenvalue weighted by Gasteiger charge is -2.27. The van der Waals surface area contributed by atoms with Crippen LogP contribution in [0.1, 0.15) is 25.5 Å². The zero-order chi connectivity index (χ0) is 15.5. The number of ether oxygens (including phenoxy) is 1. The third-order valence-electron chi connectivity index (χ3n) is 3.88. The minimum atomic E-state index is 0.0270. The van der Waals surface area contributed by atoms with Crippen LogP contribution in [0.25, 0.3) is 5.65 Å². The van der Waals surface area contributed by atoms with Crippen LogP contribution in [0.5, 0.6) is 5.75 Å². The summed E-state index contributed by atoms with van der Waals surface area (Å²) in [6.45, 7) is 7.45. The fraction of sp³-hybridized carbons (Fsp3) is 0.500. The summed E-state index contributed by atoms with van der Waals surface area (Å²) in [5.41, 5.74) is 1.78. The Bertz CT molecular complexity index is 659. The summed E-state index contributed by atoms with van der Waals surface area (Å²) < 4.78 is 7.68.